The van der Waals surface area contributed by atoms with Crippen LogP contribution < -0.4 is 0 Å². The molecule has 0 spiro atoms. The monoisotopic (exact) mass is 311 g/mol. The number of hydrogen-bond acceptors (Lipinski definition) is 6. The second-order valence-electron chi connectivity index (χ2n) is 3.88. The van der Waals surface area contributed by atoms with Crippen molar-refractivity contribution < 1.29 is 15.1 Å². The van der Waals surface area contributed by atoms with Crippen molar-refractivity contribution in [3.8, 4) is 10.6 Å². The van der Waals surface area contributed by atoms with Gasteiger partial charge in [-0.15, -0.1) is 10.2 Å². The predicted octanol–water partition coefficient (Wildman–Crippen LogP) is 2.90. The fourth-order valence-electron chi connectivity index (χ4n) is 1.60. The summed E-state index contributed by atoms with van der Waals surface area (Å²) in [6, 6.07) is 7.05. The summed E-state index contributed by atoms with van der Waals surface area (Å²) in [6.07, 6.45) is 0.0724. The van der Waals surface area contributed by atoms with Crippen LogP contribution in [0.3, 0.4) is 0 Å². The Balaban J connectivity index is 2.16. The SMILES string of the molecule is O=C(O)CCC(=NO)c1ccc(-c2nnc(Cl)s2)cc1. The van der Waals surface area contributed by atoms with Gasteiger partial charge in [-0.1, -0.05) is 40.8 Å². The minimum Gasteiger partial charge on any atom is -0.481 e. The lowest BCUT2D eigenvalue weighted by molar-refractivity contribution is -0.136. The van der Waals surface area contributed by atoms with Gasteiger partial charge in [0.05, 0.1) is 12.1 Å². The molecule has 2 rings (SSSR count). The van der Waals surface area contributed by atoms with Gasteiger partial charge in [0.1, 0.15) is 5.01 Å². The van der Waals surface area contributed by atoms with Gasteiger partial charge >= 0.3 is 5.97 Å². The number of aromatic nitrogens is 2. The van der Waals surface area contributed by atoms with Crippen LogP contribution in [-0.4, -0.2) is 32.2 Å². The summed E-state index contributed by atoms with van der Waals surface area (Å²) < 4.78 is 0.364. The van der Waals surface area contributed by atoms with E-state index in [4.69, 9.17) is 21.9 Å². The van der Waals surface area contributed by atoms with Gasteiger partial charge in [0.2, 0.25) is 4.47 Å². The predicted molar refractivity (Wildman–Crippen MR) is 75.5 cm³/mol. The Morgan fingerprint density at radius 3 is 2.45 bits per heavy atom. The smallest absolute Gasteiger partial charge is 0.303 e. The van der Waals surface area contributed by atoms with E-state index in [9.17, 15) is 4.79 Å². The maximum absolute atomic E-state index is 10.5. The molecule has 0 radical (unpaired) electrons. The summed E-state index contributed by atoms with van der Waals surface area (Å²) in [4.78, 5) is 10.5. The van der Waals surface area contributed by atoms with Crippen LogP contribution in [0.25, 0.3) is 10.6 Å². The number of halogens is 1. The van der Waals surface area contributed by atoms with E-state index in [0.717, 1.165) is 5.56 Å². The fourth-order valence-corrected chi connectivity index (χ4v) is 2.44. The molecule has 0 aliphatic heterocycles. The van der Waals surface area contributed by atoms with Gasteiger partial charge in [0.15, 0.2) is 0 Å². The van der Waals surface area contributed by atoms with Crippen LogP contribution in [0.15, 0.2) is 29.4 Å². The van der Waals surface area contributed by atoms with Crippen molar-refractivity contribution in [1.29, 1.82) is 0 Å². The zero-order valence-electron chi connectivity index (χ0n) is 10.2. The normalized spacial score (nSPS) is 11.6. The third-order valence-corrected chi connectivity index (χ3v) is 3.63. The molecule has 8 heteroatoms. The quantitative estimate of drug-likeness (QED) is 0.503. The first-order valence-corrected chi connectivity index (χ1v) is 6.82. The molecule has 0 atom stereocenters. The molecule has 0 fully saturated rings. The molecule has 20 heavy (non-hydrogen) atoms. The maximum atomic E-state index is 10.5. The van der Waals surface area contributed by atoms with Gasteiger partial charge in [0.25, 0.3) is 0 Å². The molecule has 2 aromatic rings. The van der Waals surface area contributed by atoms with Crippen molar-refractivity contribution in [1.82, 2.24) is 10.2 Å². The number of hydrogen-bond donors (Lipinski definition) is 2. The molecule has 0 bridgehead atoms. The van der Waals surface area contributed by atoms with E-state index in [1.54, 1.807) is 24.3 Å². The van der Waals surface area contributed by atoms with Crippen LogP contribution >= 0.6 is 22.9 Å². The molecule has 0 aliphatic rings. The highest BCUT2D eigenvalue weighted by molar-refractivity contribution is 7.18. The molecule has 0 amide bonds. The largest absolute Gasteiger partial charge is 0.481 e. The third-order valence-electron chi connectivity index (χ3n) is 2.56. The van der Waals surface area contributed by atoms with Crippen molar-refractivity contribution in [3.05, 3.63) is 34.3 Å². The van der Waals surface area contributed by atoms with Gasteiger partial charge in [-0.05, 0) is 17.2 Å². The molecule has 2 N–H and O–H groups in total. The number of nitrogens with zero attached hydrogens (tertiary/aromatic N) is 3. The molecular weight excluding hydrogens is 302 g/mol. The Labute approximate surface area is 123 Å². The topological polar surface area (TPSA) is 95.7 Å². The third kappa shape index (κ3) is 3.52. The van der Waals surface area contributed by atoms with E-state index in [0.29, 0.717) is 20.7 Å². The zero-order chi connectivity index (χ0) is 14.5. The Bertz CT molecular complexity index is 640. The second-order valence-corrected chi connectivity index (χ2v) is 5.44. The van der Waals surface area contributed by atoms with Crippen LogP contribution in [0.5, 0.6) is 0 Å². The molecule has 0 saturated heterocycles. The second kappa shape index (κ2) is 6.44. The van der Waals surface area contributed by atoms with Crippen LogP contribution in [0.1, 0.15) is 18.4 Å². The van der Waals surface area contributed by atoms with Crippen LogP contribution in [0, 0.1) is 0 Å². The summed E-state index contributed by atoms with van der Waals surface area (Å²) in [7, 11) is 0. The lowest BCUT2D eigenvalue weighted by atomic mass is 10.0. The fraction of sp³-hybridized carbons (Fsp3) is 0.167. The number of carboxylic acids is 1. The van der Waals surface area contributed by atoms with Gasteiger partial charge in [-0.3, -0.25) is 4.79 Å². The Kier molecular flexibility index (Phi) is 4.65. The van der Waals surface area contributed by atoms with Crippen molar-refractivity contribution in [2.75, 3.05) is 0 Å². The summed E-state index contributed by atoms with van der Waals surface area (Å²) in [5.41, 5.74) is 1.83. The van der Waals surface area contributed by atoms with Gasteiger partial charge in [-0.2, -0.15) is 0 Å². The highest BCUT2D eigenvalue weighted by Gasteiger charge is 2.09. The summed E-state index contributed by atoms with van der Waals surface area (Å²) in [5.74, 6) is -0.939. The number of carboxylic acid groups (broad SMARTS) is 1. The van der Waals surface area contributed by atoms with E-state index in [1.807, 2.05) is 0 Å². The van der Waals surface area contributed by atoms with Crippen LogP contribution in [0.4, 0.5) is 0 Å². The van der Waals surface area contributed by atoms with Crippen LogP contribution in [-0.2, 0) is 4.79 Å². The van der Waals surface area contributed by atoms with Gasteiger partial charge in [0, 0.05) is 12.0 Å². The van der Waals surface area contributed by atoms with E-state index in [2.05, 4.69) is 15.4 Å². The van der Waals surface area contributed by atoms with Gasteiger partial charge in [-0.25, -0.2) is 0 Å². The van der Waals surface area contributed by atoms with E-state index < -0.39 is 5.97 Å². The molecule has 0 aliphatic carbocycles. The highest BCUT2D eigenvalue weighted by Crippen LogP contribution is 2.26. The number of aliphatic carboxylic acids is 1. The minimum atomic E-state index is -0.939. The van der Waals surface area contributed by atoms with Crippen molar-refractivity contribution in [2.45, 2.75) is 12.8 Å². The molecule has 6 nitrogen and oxygen atoms in total. The van der Waals surface area contributed by atoms with Crippen LogP contribution in [0.2, 0.25) is 4.47 Å². The Morgan fingerprint density at radius 2 is 1.95 bits per heavy atom. The lowest BCUT2D eigenvalue weighted by Gasteiger charge is -2.03. The molecule has 104 valence electrons. The highest BCUT2D eigenvalue weighted by atomic mass is 35.5. The molecule has 1 aromatic heterocycles. The van der Waals surface area contributed by atoms with Crippen molar-refractivity contribution in [3.63, 3.8) is 0 Å². The minimum absolute atomic E-state index is 0.0901. The first-order chi connectivity index (χ1) is 9.60. The first kappa shape index (κ1) is 14.4. The molecule has 0 unspecified atom stereocenters. The lowest BCUT2D eigenvalue weighted by Crippen LogP contribution is -2.05. The first-order valence-electron chi connectivity index (χ1n) is 5.62. The summed E-state index contributed by atoms with van der Waals surface area (Å²) in [6.45, 7) is 0. The molecular formula is C12H10ClN3O3S. The number of carbonyl (C=O) groups is 1. The molecule has 1 aromatic carbocycles. The van der Waals surface area contributed by atoms with Crippen molar-refractivity contribution in [2.24, 2.45) is 5.16 Å². The molecule has 0 saturated carbocycles. The Hall–Kier alpha value is -1.99. The average Bonchev–Trinajstić information content (AvgIpc) is 2.86. The number of benzene rings is 1. The van der Waals surface area contributed by atoms with Crippen molar-refractivity contribution >= 4 is 34.6 Å². The summed E-state index contributed by atoms with van der Waals surface area (Å²) in [5, 5.41) is 29.0. The number of oxime groups is 1. The zero-order valence-corrected chi connectivity index (χ0v) is 11.7. The van der Waals surface area contributed by atoms with E-state index in [-0.39, 0.29) is 12.8 Å². The van der Waals surface area contributed by atoms with E-state index in [1.165, 1.54) is 11.3 Å². The van der Waals surface area contributed by atoms with Gasteiger partial charge < -0.3 is 10.3 Å². The van der Waals surface area contributed by atoms with E-state index >= 15 is 0 Å². The molecule has 1 heterocycles. The average molecular weight is 312 g/mol. The summed E-state index contributed by atoms with van der Waals surface area (Å²) >= 11 is 6.98. The maximum Gasteiger partial charge on any atom is 0.303 e. The standard InChI is InChI=1S/C12H10ClN3O3S/c13-12-15-14-11(20-12)8-3-1-7(2-4-8)9(16-19)5-6-10(17)18/h1-4,19H,5-6H2,(H,17,18). The Morgan fingerprint density at radius 1 is 1.25 bits per heavy atom. The number of rotatable bonds is 5.